The van der Waals surface area contributed by atoms with Crippen LogP contribution in [-0.2, 0) is 0 Å². The van der Waals surface area contributed by atoms with E-state index in [1.807, 2.05) is 0 Å². The van der Waals surface area contributed by atoms with E-state index in [4.69, 9.17) is 0 Å². The van der Waals surface area contributed by atoms with Crippen LogP contribution in [0.4, 0.5) is 0 Å². The van der Waals surface area contributed by atoms with E-state index < -0.39 is 0 Å². The summed E-state index contributed by atoms with van der Waals surface area (Å²) in [5.41, 5.74) is 8.95. The number of rotatable bonds is 4. The van der Waals surface area contributed by atoms with E-state index >= 15 is 0 Å². The molecule has 2 aliphatic rings. The predicted molar refractivity (Wildman–Crippen MR) is 112 cm³/mol. The van der Waals surface area contributed by atoms with Crippen LogP contribution in [0.15, 0.2) is 58.1 Å². The van der Waals surface area contributed by atoms with Crippen LogP contribution in [0.5, 0.6) is 0 Å². The molecule has 1 heteroatoms. The second-order valence-corrected chi connectivity index (χ2v) is 8.60. The average molecular weight is 393 g/mol. The summed E-state index contributed by atoms with van der Waals surface area (Å²) >= 11 is 3.72. The van der Waals surface area contributed by atoms with Gasteiger partial charge in [0, 0.05) is 16.3 Å². The minimum atomic E-state index is 0.564. The smallest absolute Gasteiger partial charge is 0.0250 e. The highest BCUT2D eigenvalue weighted by Crippen LogP contribution is 2.47. The van der Waals surface area contributed by atoms with E-state index in [-0.39, 0.29) is 0 Å². The van der Waals surface area contributed by atoms with Gasteiger partial charge in [0.2, 0.25) is 0 Å². The van der Waals surface area contributed by atoms with Gasteiger partial charge in [-0.25, -0.2) is 0 Å². The Kier molecular flexibility index (Phi) is 4.45. The highest BCUT2D eigenvalue weighted by Gasteiger charge is 2.29. The van der Waals surface area contributed by atoms with Crippen molar-refractivity contribution in [2.45, 2.75) is 45.4 Å². The summed E-state index contributed by atoms with van der Waals surface area (Å²) in [6, 6.07) is 15.6. The summed E-state index contributed by atoms with van der Waals surface area (Å²) in [5, 5.41) is 0. The molecule has 0 bridgehead atoms. The first-order valence-electron chi connectivity index (χ1n) is 9.33. The van der Waals surface area contributed by atoms with Gasteiger partial charge < -0.3 is 0 Å². The van der Waals surface area contributed by atoms with Crippen molar-refractivity contribution in [3.8, 4) is 0 Å². The van der Waals surface area contributed by atoms with Gasteiger partial charge in [0.1, 0.15) is 0 Å². The largest absolute Gasteiger partial charge is 0.0652 e. The molecule has 0 spiro atoms. The zero-order valence-corrected chi connectivity index (χ0v) is 16.8. The molecule has 4 rings (SSSR count). The Morgan fingerprint density at radius 3 is 2.40 bits per heavy atom. The van der Waals surface area contributed by atoms with Crippen molar-refractivity contribution in [1.29, 1.82) is 0 Å². The van der Waals surface area contributed by atoms with Gasteiger partial charge in [-0.3, -0.25) is 0 Å². The lowest BCUT2D eigenvalue weighted by atomic mass is 9.82. The number of halogens is 1. The Morgan fingerprint density at radius 2 is 1.60 bits per heavy atom. The van der Waals surface area contributed by atoms with Crippen LogP contribution in [0.2, 0.25) is 0 Å². The first kappa shape index (κ1) is 16.8. The molecule has 0 nitrogen and oxygen atoms in total. The predicted octanol–water partition coefficient (Wildman–Crippen LogP) is 7.57. The van der Waals surface area contributed by atoms with Gasteiger partial charge in [-0.1, -0.05) is 89.5 Å². The summed E-state index contributed by atoms with van der Waals surface area (Å²) in [7, 11) is 0. The van der Waals surface area contributed by atoms with Crippen molar-refractivity contribution in [2.75, 3.05) is 0 Å². The van der Waals surface area contributed by atoms with Gasteiger partial charge in [0.05, 0.1) is 0 Å². The molecule has 0 saturated carbocycles. The summed E-state index contributed by atoms with van der Waals surface area (Å²) in [5.74, 6) is 1.76. The third kappa shape index (κ3) is 2.93. The first-order valence-corrected chi connectivity index (χ1v) is 10.1. The molecule has 0 amide bonds. The standard InChI is InChI=1S/C24H25Br/c1-15(2)22-14-17-7-4-5-8-19(17)21(22)12-11-18-16(3)13-23-20(18)9-6-10-24(23)25/h4-10,13-15,18,21H,11-12H2,1-3H3. The van der Waals surface area contributed by atoms with Gasteiger partial charge in [-0.2, -0.15) is 0 Å². The van der Waals surface area contributed by atoms with Crippen molar-refractivity contribution < 1.29 is 0 Å². The van der Waals surface area contributed by atoms with Crippen LogP contribution in [-0.4, -0.2) is 0 Å². The van der Waals surface area contributed by atoms with Crippen molar-refractivity contribution in [2.24, 2.45) is 5.92 Å². The molecule has 128 valence electrons. The quantitative estimate of drug-likeness (QED) is 0.503. The van der Waals surface area contributed by atoms with Crippen LogP contribution >= 0.6 is 15.9 Å². The zero-order valence-electron chi connectivity index (χ0n) is 15.2. The van der Waals surface area contributed by atoms with Crippen LogP contribution in [0.1, 0.15) is 67.7 Å². The van der Waals surface area contributed by atoms with E-state index in [1.165, 1.54) is 45.1 Å². The van der Waals surface area contributed by atoms with Crippen molar-refractivity contribution in [3.05, 3.63) is 80.3 Å². The second-order valence-electron chi connectivity index (χ2n) is 7.74. The number of allylic oxidation sites excluding steroid dienone is 2. The molecule has 0 N–H and O–H groups in total. The summed E-state index contributed by atoms with van der Waals surface area (Å²) in [6.45, 7) is 6.95. The maximum atomic E-state index is 3.72. The van der Waals surface area contributed by atoms with Crippen molar-refractivity contribution in [3.63, 3.8) is 0 Å². The Bertz CT molecular complexity index is 869. The molecule has 25 heavy (non-hydrogen) atoms. The lowest BCUT2D eigenvalue weighted by Crippen LogP contribution is -2.07. The van der Waals surface area contributed by atoms with Gasteiger partial charge in [-0.05, 0) is 54.0 Å². The summed E-state index contributed by atoms with van der Waals surface area (Å²) in [6.07, 6.45) is 7.25. The Balaban J connectivity index is 1.59. The zero-order chi connectivity index (χ0) is 17.6. The lowest BCUT2D eigenvalue weighted by molar-refractivity contribution is 0.572. The van der Waals surface area contributed by atoms with Crippen LogP contribution in [0.25, 0.3) is 12.2 Å². The second kappa shape index (κ2) is 6.61. The van der Waals surface area contributed by atoms with Gasteiger partial charge in [-0.15, -0.1) is 0 Å². The first-order chi connectivity index (χ1) is 12.1. The Labute approximate surface area is 159 Å². The van der Waals surface area contributed by atoms with E-state index in [0.717, 1.165) is 0 Å². The van der Waals surface area contributed by atoms with Crippen LogP contribution < -0.4 is 0 Å². The van der Waals surface area contributed by atoms with E-state index in [0.29, 0.717) is 17.8 Å². The number of benzene rings is 2. The highest BCUT2D eigenvalue weighted by atomic mass is 79.9. The van der Waals surface area contributed by atoms with E-state index in [2.05, 4.69) is 91.3 Å². The molecule has 2 atom stereocenters. The molecule has 2 aromatic carbocycles. The molecule has 0 aromatic heterocycles. The number of hydrogen-bond donors (Lipinski definition) is 0. The lowest BCUT2D eigenvalue weighted by Gasteiger charge is -2.22. The molecule has 0 heterocycles. The topological polar surface area (TPSA) is 0 Å². The SMILES string of the molecule is CC1=Cc2c(Br)cccc2C1CCC1C(C(C)C)=Cc2ccccc21. The fraction of sp³-hybridized carbons (Fsp3) is 0.333. The van der Waals surface area contributed by atoms with Gasteiger partial charge in [0.15, 0.2) is 0 Å². The fourth-order valence-electron chi connectivity index (χ4n) is 4.61. The van der Waals surface area contributed by atoms with Gasteiger partial charge in [0.25, 0.3) is 0 Å². The van der Waals surface area contributed by atoms with Crippen LogP contribution in [0, 0.1) is 5.92 Å². The monoisotopic (exact) mass is 392 g/mol. The third-order valence-corrected chi connectivity index (χ3v) is 6.58. The van der Waals surface area contributed by atoms with Crippen molar-refractivity contribution >= 4 is 28.1 Å². The molecule has 2 unspecified atom stereocenters. The van der Waals surface area contributed by atoms with E-state index in [9.17, 15) is 0 Å². The number of fused-ring (bicyclic) bond motifs is 2. The van der Waals surface area contributed by atoms with Gasteiger partial charge >= 0.3 is 0 Å². The molecular weight excluding hydrogens is 368 g/mol. The third-order valence-electron chi connectivity index (χ3n) is 5.89. The molecule has 0 radical (unpaired) electrons. The minimum Gasteiger partial charge on any atom is -0.0652 e. The molecule has 0 fully saturated rings. The average Bonchev–Trinajstić information content (AvgIpc) is 3.12. The maximum Gasteiger partial charge on any atom is 0.0250 e. The molecule has 2 aliphatic carbocycles. The van der Waals surface area contributed by atoms with Crippen LogP contribution in [0.3, 0.4) is 0 Å². The van der Waals surface area contributed by atoms with Crippen molar-refractivity contribution in [1.82, 2.24) is 0 Å². The maximum absolute atomic E-state index is 3.72. The summed E-state index contributed by atoms with van der Waals surface area (Å²) in [4.78, 5) is 0. The molecule has 0 aliphatic heterocycles. The Morgan fingerprint density at radius 1 is 0.880 bits per heavy atom. The minimum absolute atomic E-state index is 0.564. The molecular formula is C24H25Br. The Hall–Kier alpha value is -1.60. The molecule has 0 saturated heterocycles. The normalized spacial score (nSPS) is 21.2. The molecule has 2 aromatic rings. The van der Waals surface area contributed by atoms with E-state index in [1.54, 1.807) is 5.57 Å². The number of hydrogen-bond acceptors (Lipinski definition) is 0. The fourth-order valence-corrected chi connectivity index (χ4v) is 5.11. The highest BCUT2D eigenvalue weighted by molar-refractivity contribution is 9.10. The summed E-state index contributed by atoms with van der Waals surface area (Å²) < 4.78 is 1.22.